The van der Waals surface area contributed by atoms with Gasteiger partial charge in [0.15, 0.2) is 0 Å². The van der Waals surface area contributed by atoms with Crippen molar-refractivity contribution in [2.75, 3.05) is 0 Å². The summed E-state index contributed by atoms with van der Waals surface area (Å²) in [5, 5.41) is 1.17. The number of pyridine rings is 1. The van der Waals surface area contributed by atoms with Gasteiger partial charge in [-0.25, -0.2) is 4.39 Å². The minimum Gasteiger partial charge on any atom is -0.256 e. The Morgan fingerprint density at radius 3 is 2.47 bits per heavy atom. The van der Waals surface area contributed by atoms with E-state index in [1.807, 2.05) is 24.4 Å². The molecule has 0 bridgehead atoms. The average molecular weight is 251 g/mol. The molecular formula is C17H14FN. The maximum absolute atomic E-state index is 12.8. The van der Waals surface area contributed by atoms with E-state index in [2.05, 4.69) is 29.2 Å². The number of aryl methyl sites for hydroxylation is 2. The summed E-state index contributed by atoms with van der Waals surface area (Å²) in [5.74, 6) is -0.185. The molecule has 0 spiro atoms. The van der Waals surface area contributed by atoms with Crippen molar-refractivity contribution in [3.8, 4) is 0 Å². The molecule has 0 saturated heterocycles. The highest BCUT2D eigenvalue weighted by molar-refractivity contribution is 5.81. The second kappa shape index (κ2) is 5.19. The zero-order valence-corrected chi connectivity index (χ0v) is 10.5. The summed E-state index contributed by atoms with van der Waals surface area (Å²) in [6, 6.07) is 17.0. The highest BCUT2D eigenvalue weighted by Gasteiger charge is 2.02. The summed E-state index contributed by atoms with van der Waals surface area (Å²) in [4.78, 5) is 4.45. The first kappa shape index (κ1) is 11.8. The van der Waals surface area contributed by atoms with Gasteiger partial charge in [-0.3, -0.25) is 4.98 Å². The quantitative estimate of drug-likeness (QED) is 0.681. The zero-order valence-electron chi connectivity index (χ0n) is 10.5. The van der Waals surface area contributed by atoms with Crippen molar-refractivity contribution in [2.24, 2.45) is 0 Å². The molecule has 19 heavy (non-hydrogen) atoms. The molecule has 0 unspecified atom stereocenters. The molecule has 0 N–H and O–H groups in total. The number of benzene rings is 2. The van der Waals surface area contributed by atoms with Crippen LogP contribution in [0.4, 0.5) is 4.39 Å². The molecule has 2 aromatic carbocycles. The van der Waals surface area contributed by atoms with Crippen molar-refractivity contribution >= 4 is 10.9 Å². The van der Waals surface area contributed by atoms with Crippen molar-refractivity contribution in [3.05, 3.63) is 77.7 Å². The predicted octanol–water partition coefficient (Wildman–Crippen LogP) is 4.16. The molecular weight excluding hydrogens is 237 g/mol. The largest absolute Gasteiger partial charge is 0.256 e. The van der Waals surface area contributed by atoms with Crippen LogP contribution in [0.25, 0.3) is 10.9 Å². The molecule has 0 aliphatic heterocycles. The standard InChI is InChI=1S/C17H14FN/c18-16-10-7-13(8-11-16)6-9-15-4-1-3-14-5-2-12-19-17(14)15/h1-5,7-8,10-12H,6,9H2. The van der Waals surface area contributed by atoms with E-state index in [-0.39, 0.29) is 5.82 Å². The van der Waals surface area contributed by atoms with Gasteiger partial charge in [-0.2, -0.15) is 0 Å². The van der Waals surface area contributed by atoms with Gasteiger partial charge in [0.25, 0.3) is 0 Å². The van der Waals surface area contributed by atoms with E-state index in [4.69, 9.17) is 0 Å². The third-order valence-electron chi connectivity index (χ3n) is 3.31. The van der Waals surface area contributed by atoms with Gasteiger partial charge in [0.05, 0.1) is 5.52 Å². The average Bonchev–Trinajstić information content (AvgIpc) is 2.47. The Labute approximate surface area is 111 Å². The number of rotatable bonds is 3. The van der Waals surface area contributed by atoms with Crippen molar-refractivity contribution in [1.29, 1.82) is 0 Å². The van der Waals surface area contributed by atoms with E-state index < -0.39 is 0 Å². The molecule has 0 fully saturated rings. The Morgan fingerprint density at radius 2 is 1.63 bits per heavy atom. The SMILES string of the molecule is Fc1ccc(CCc2cccc3cccnc23)cc1. The first-order valence-corrected chi connectivity index (χ1v) is 6.40. The smallest absolute Gasteiger partial charge is 0.123 e. The third-order valence-corrected chi connectivity index (χ3v) is 3.31. The van der Waals surface area contributed by atoms with Crippen LogP contribution < -0.4 is 0 Å². The van der Waals surface area contributed by atoms with Gasteiger partial charge in [0, 0.05) is 11.6 Å². The maximum atomic E-state index is 12.8. The highest BCUT2D eigenvalue weighted by Crippen LogP contribution is 2.18. The fraction of sp³-hybridized carbons (Fsp3) is 0.118. The molecule has 0 aliphatic carbocycles. The molecule has 0 amide bonds. The third kappa shape index (κ3) is 2.63. The Bertz CT molecular complexity index is 684. The van der Waals surface area contributed by atoms with Crippen LogP contribution in [-0.2, 0) is 12.8 Å². The Balaban J connectivity index is 1.84. The normalized spacial score (nSPS) is 10.8. The van der Waals surface area contributed by atoms with Gasteiger partial charge in [-0.15, -0.1) is 0 Å². The van der Waals surface area contributed by atoms with E-state index in [1.54, 1.807) is 0 Å². The van der Waals surface area contributed by atoms with Gasteiger partial charge in [-0.05, 0) is 42.2 Å². The maximum Gasteiger partial charge on any atom is 0.123 e. The fourth-order valence-electron chi connectivity index (χ4n) is 2.30. The number of para-hydroxylation sites is 1. The lowest BCUT2D eigenvalue weighted by atomic mass is 10.0. The van der Waals surface area contributed by atoms with E-state index >= 15 is 0 Å². The summed E-state index contributed by atoms with van der Waals surface area (Å²) in [7, 11) is 0. The Morgan fingerprint density at radius 1 is 0.842 bits per heavy atom. The molecule has 0 atom stereocenters. The van der Waals surface area contributed by atoms with Gasteiger partial charge in [0.2, 0.25) is 0 Å². The molecule has 2 heteroatoms. The molecule has 1 heterocycles. The Kier molecular flexibility index (Phi) is 3.23. The summed E-state index contributed by atoms with van der Waals surface area (Å²) >= 11 is 0. The van der Waals surface area contributed by atoms with Crippen LogP contribution in [0.15, 0.2) is 60.8 Å². The molecule has 1 aromatic heterocycles. The molecule has 1 nitrogen and oxygen atoms in total. The molecule has 3 aromatic rings. The first-order chi connectivity index (χ1) is 9.33. The molecule has 0 radical (unpaired) electrons. The number of halogens is 1. The van der Waals surface area contributed by atoms with E-state index in [9.17, 15) is 4.39 Å². The van der Waals surface area contributed by atoms with Crippen LogP contribution >= 0.6 is 0 Å². The fourth-order valence-corrected chi connectivity index (χ4v) is 2.30. The lowest BCUT2D eigenvalue weighted by molar-refractivity contribution is 0.627. The number of fused-ring (bicyclic) bond motifs is 1. The van der Waals surface area contributed by atoms with Crippen molar-refractivity contribution in [1.82, 2.24) is 4.98 Å². The van der Waals surface area contributed by atoms with Crippen LogP contribution in [-0.4, -0.2) is 4.98 Å². The van der Waals surface area contributed by atoms with Crippen LogP contribution in [0.5, 0.6) is 0 Å². The van der Waals surface area contributed by atoms with Gasteiger partial charge >= 0.3 is 0 Å². The monoisotopic (exact) mass is 251 g/mol. The van der Waals surface area contributed by atoms with Crippen molar-refractivity contribution < 1.29 is 4.39 Å². The predicted molar refractivity (Wildman–Crippen MR) is 75.6 cm³/mol. The minimum atomic E-state index is -0.185. The molecule has 3 rings (SSSR count). The lowest BCUT2D eigenvalue weighted by Gasteiger charge is -2.05. The van der Waals surface area contributed by atoms with E-state index in [1.165, 1.54) is 23.1 Å². The Hall–Kier alpha value is -2.22. The number of aromatic nitrogens is 1. The van der Waals surface area contributed by atoms with E-state index in [0.717, 1.165) is 23.9 Å². The topological polar surface area (TPSA) is 12.9 Å². The minimum absolute atomic E-state index is 0.185. The summed E-state index contributed by atoms with van der Waals surface area (Å²) < 4.78 is 12.8. The summed E-state index contributed by atoms with van der Waals surface area (Å²) in [6.45, 7) is 0. The van der Waals surface area contributed by atoms with Gasteiger partial charge < -0.3 is 0 Å². The van der Waals surface area contributed by atoms with Crippen LogP contribution in [0.2, 0.25) is 0 Å². The summed E-state index contributed by atoms with van der Waals surface area (Å²) in [5.41, 5.74) is 3.45. The lowest BCUT2D eigenvalue weighted by Crippen LogP contribution is -1.94. The van der Waals surface area contributed by atoms with Crippen LogP contribution in [0.1, 0.15) is 11.1 Å². The zero-order chi connectivity index (χ0) is 13.1. The van der Waals surface area contributed by atoms with Gasteiger partial charge in [0.1, 0.15) is 5.82 Å². The first-order valence-electron chi connectivity index (χ1n) is 6.40. The van der Waals surface area contributed by atoms with Gasteiger partial charge in [-0.1, -0.05) is 36.4 Å². The molecule has 0 aliphatic rings. The van der Waals surface area contributed by atoms with Crippen LogP contribution in [0.3, 0.4) is 0 Å². The summed E-state index contributed by atoms with van der Waals surface area (Å²) in [6.07, 6.45) is 3.64. The van der Waals surface area contributed by atoms with Crippen LogP contribution in [0, 0.1) is 5.82 Å². The number of hydrogen-bond donors (Lipinski definition) is 0. The second-order valence-electron chi connectivity index (χ2n) is 4.62. The highest BCUT2D eigenvalue weighted by atomic mass is 19.1. The van der Waals surface area contributed by atoms with Crippen molar-refractivity contribution in [3.63, 3.8) is 0 Å². The second-order valence-corrected chi connectivity index (χ2v) is 4.62. The number of hydrogen-bond acceptors (Lipinski definition) is 1. The molecule has 94 valence electrons. The molecule has 0 saturated carbocycles. The number of nitrogens with zero attached hydrogens (tertiary/aromatic N) is 1. The van der Waals surface area contributed by atoms with E-state index in [0.29, 0.717) is 0 Å². The van der Waals surface area contributed by atoms with Crippen molar-refractivity contribution in [2.45, 2.75) is 12.8 Å².